The number of amides is 1. The first-order chi connectivity index (χ1) is 15.5. The van der Waals surface area contributed by atoms with Gasteiger partial charge in [-0.05, 0) is 49.2 Å². The van der Waals surface area contributed by atoms with E-state index in [0.717, 1.165) is 0 Å². The highest BCUT2D eigenvalue weighted by atomic mass is 16.7. The number of ketones is 1. The smallest absolute Gasteiger partial charge is 0.295 e. The zero-order valence-electron chi connectivity index (χ0n) is 18.0. The summed E-state index contributed by atoms with van der Waals surface area (Å²) in [5, 5.41) is 11.2. The lowest BCUT2D eigenvalue weighted by atomic mass is 9.95. The van der Waals surface area contributed by atoms with Crippen LogP contribution >= 0.6 is 0 Å². The highest BCUT2D eigenvalue weighted by Gasteiger charge is 2.46. The van der Waals surface area contributed by atoms with Crippen molar-refractivity contribution in [2.45, 2.75) is 19.4 Å². The molecule has 2 aliphatic heterocycles. The molecule has 2 aromatic carbocycles. The van der Waals surface area contributed by atoms with Gasteiger partial charge in [0.25, 0.3) is 11.7 Å². The molecular weight excluding hydrogens is 414 g/mol. The number of hydrogen-bond donors (Lipinski definition) is 1. The second-order valence-electron chi connectivity index (χ2n) is 7.41. The van der Waals surface area contributed by atoms with E-state index in [2.05, 4.69) is 0 Å². The number of likely N-dealkylation sites (tertiary alicyclic amines) is 1. The van der Waals surface area contributed by atoms with Gasteiger partial charge in [0.2, 0.25) is 6.79 Å². The highest BCUT2D eigenvalue weighted by molar-refractivity contribution is 6.46. The third-order valence-corrected chi connectivity index (χ3v) is 5.42. The molecule has 1 amide bonds. The molecule has 1 N–H and O–H groups in total. The molecule has 8 heteroatoms. The normalized spacial score (nSPS) is 18.9. The van der Waals surface area contributed by atoms with Crippen molar-refractivity contribution in [3.05, 3.63) is 59.2 Å². The van der Waals surface area contributed by atoms with Crippen LogP contribution in [0.4, 0.5) is 0 Å². The molecule has 8 nitrogen and oxygen atoms in total. The summed E-state index contributed by atoms with van der Waals surface area (Å²) in [4.78, 5) is 27.5. The zero-order chi connectivity index (χ0) is 22.7. The molecule has 1 unspecified atom stereocenters. The van der Waals surface area contributed by atoms with Crippen LogP contribution in [0.2, 0.25) is 0 Å². The lowest BCUT2D eigenvalue weighted by Gasteiger charge is -2.25. The third-order valence-electron chi connectivity index (χ3n) is 5.42. The Labute approximate surface area is 185 Å². The van der Waals surface area contributed by atoms with Gasteiger partial charge in [-0.15, -0.1) is 0 Å². The highest BCUT2D eigenvalue weighted by Crippen LogP contribution is 2.42. The Morgan fingerprint density at radius 1 is 1.16 bits per heavy atom. The first-order valence-electron chi connectivity index (χ1n) is 10.4. The van der Waals surface area contributed by atoms with Crippen molar-refractivity contribution in [2.75, 3.05) is 33.7 Å². The molecule has 0 bridgehead atoms. The minimum Gasteiger partial charge on any atom is -0.507 e. The second kappa shape index (κ2) is 9.32. The molecule has 32 heavy (non-hydrogen) atoms. The Kier molecular flexibility index (Phi) is 6.32. The van der Waals surface area contributed by atoms with Gasteiger partial charge in [-0.3, -0.25) is 9.59 Å². The first-order valence-corrected chi connectivity index (χ1v) is 10.4. The molecule has 2 heterocycles. The number of aliphatic hydroxyl groups is 1. The maximum absolute atomic E-state index is 13.1. The minimum absolute atomic E-state index is 0.0277. The molecular formula is C24H25NO7. The Balaban J connectivity index is 1.81. The molecule has 0 aliphatic carbocycles. The van der Waals surface area contributed by atoms with Crippen molar-refractivity contribution in [1.82, 2.24) is 4.90 Å². The van der Waals surface area contributed by atoms with Gasteiger partial charge in [-0.1, -0.05) is 12.1 Å². The Hall–Kier alpha value is -3.52. The number of carbonyl (C=O) groups excluding carboxylic acids is 2. The monoisotopic (exact) mass is 439 g/mol. The topological polar surface area (TPSA) is 94.5 Å². The Morgan fingerprint density at radius 3 is 2.75 bits per heavy atom. The second-order valence-corrected chi connectivity index (χ2v) is 7.41. The van der Waals surface area contributed by atoms with Crippen molar-refractivity contribution < 1.29 is 33.6 Å². The number of methoxy groups -OCH3 is 1. The fraction of sp³-hybridized carbons (Fsp3) is 0.333. The summed E-state index contributed by atoms with van der Waals surface area (Å²) in [6, 6.07) is 11.4. The molecule has 1 atom stereocenters. The van der Waals surface area contributed by atoms with Crippen LogP contribution in [-0.4, -0.2) is 55.4 Å². The van der Waals surface area contributed by atoms with E-state index in [1.54, 1.807) is 37.4 Å². The van der Waals surface area contributed by atoms with Gasteiger partial charge >= 0.3 is 0 Å². The van der Waals surface area contributed by atoms with Crippen molar-refractivity contribution in [3.63, 3.8) is 0 Å². The predicted molar refractivity (Wildman–Crippen MR) is 116 cm³/mol. The van der Waals surface area contributed by atoms with Gasteiger partial charge < -0.3 is 29.0 Å². The largest absolute Gasteiger partial charge is 0.507 e. The molecule has 2 aromatic rings. The van der Waals surface area contributed by atoms with Crippen LogP contribution in [0.5, 0.6) is 17.2 Å². The van der Waals surface area contributed by atoms with E-state index in [0.29, 0.717) is 54.6 Å². The summed E-state index contributed by atoms with van der Waals surface area (Å²) in [6.45, 7) is 3.20. The van der Waals surface area contributed by atoms with Crippen LogP contribution in [-0.2, 0) is 14.3 Å². The number of benzene rings is 2. The van der Waals surface area contributed by atoms with Crippen LogP contribution in [0, 0.1) is 0 Å². The van der Waals surface area contributed by atoms with E-state index >= 15 is 0 Å². The van der Waals surface area contributed by atoms with Crippen molar-refractivity contribution in [1.29, 1.82) is 0 Å². The summed E-state index contributed by atoms with van der Waals surface area (Å²) in [6.07, 6.45) is 0.551. The number of carbonyl (C=O) groups is 2. The summed E-state index contributed by atoms with van der Waals surface area (Å²) < 4.78 is 21.4. The van der Waals surface area contributed by atoms with Crippen LogP contribution in [0.3, 0.4) is 0 Å². The molecule has 4 rings (SSSR count). The molecule has 0 radical (unpaired) electrons. The Morgan fingerprint density at radius 2 is 1.97 bits per heavy atom. The average Bonchev–Trinajstić information content (AvgIpc) is 3.37. The summed E-state index contributed by atoms with van der Waals surface area (Å²) in [5.74, 6) is -0.00123. The molecule has 0 aromatic heterocycles. The number of fused-ring (bicyclic) bond motifs is 1. The number of Topliss-reactive ketones (excluding diaryl/α,β-unsaturated/α-hetero) is 1. The van der Waals surface area contributed by atoms with Gasteiger partial charge in [0.05, 0.1) is 18.2 Å². The van der Waals surface area contributed by atoms with Crippen LogP contribution < -0.4 is 14.2 Å². The van der Waals surface area contributed by atoms with Crippen LogP contribution in [0.1, 0.15) is 30.5 Å². The maximum Gasteiger partial charge on any atom is 0.295 e. The molecule has 0 spiro atoms. The number of nitrogens with zero attached hydrogens (tertiary/aromatic N) is 1. The molecule has 1 fully saturated rings. The van der Waals surface area contributed by atoms with Gasteiger partial charge in [0.15, 0.2) is 11.5 Å². The molecule has 0 saturated carbocycles. The number of ether oxygens (including phenoxy) is 4. The standard InChI is InChI=1S/C24H25NO7/c1-3-30-17-7-4-6-15(12-17)21-20(23(27)24(28)25(21)10-5-11-29-2)22(26)16-8-9-18-19(13-16)32-14-31-18/h4,6-9,12-13,21,26H,3,5,10-11,14H2,1-2H3/b22-20-. The van der Waals surface area contributed by atoms with E-state index < -0.39 is 17.7 Å². The minimum atomic E-state index is -0.752. The predicted octanol–water partition coefficient (Wildman–Crippen LogP) is 3.27. The van der Waals surface area contributed by atoms with Crippen molar-refractivity contribution >= 4 is 17.4 Å². The number of rotatable bonds is 8. The van der Waals surface area contributed by atoms with Crippen LogP contribution in [0.15, 0.2) is 48.0 Å². The quantitative estimate of drug-likeness (QED) is 0.292. The van der Waals surface area contributed by atoms with E-state index in [4.69, 9.17) is 18.9 Å². The fourth-order valence-electron chi connectivity index (χ4n) is 3.98. The summed E-state index contributed by atoms with van der Waals surface area (Å²) in [7, 11) is 1.58. The number of hydrogen-bond acceptors (Lipinski definition) is 7. The van der Waals surface area contributed by atoms with E-state index in [1.165, 1.54) is 4.90 Å². The van der Waals surface area contributed by atoms with E-state index in [1.807, 2.05) is 19.1 Å². The first kappa shape index (κ1) is 21.7. The molecule has 168 valence electrons. The SMILES string of the molecule is CCOc1cccc(C2/C(=C(/O)c3ccc4c(c3)OCO4)C(=O)C(=O)N2CCCOC)c1. The van der Waals surface area contributed by atoms with Gasteiger partial charge in [0.1, 0.15) is 11.5 Å². The van der Waals surface area contributed by atoms with Crippen molar-refractivity contribution in [2.24, 2.45) is 0 Å². The van der Waals surface area contributed by atoms with Gasteiger partial charge in [0, 0.05) is 25.8 Å². The number of aliphatic hydroxyl groups excluding tert-OH is 1. The maximum atomic E-state index is 13.1. The lowest BCUT2D eigenvalue weighted by Crippen LogP contribution is -2.31. The van der Waals surface area contributed by atoms with Gasteiger partial charge in [-0.25, -0.2) is 0 Å². The van der Waals surface area contributed by atoms with Crippen LogP contribution in [0.25, 0.3) is 5.76 Å². The van der Waals surface area contributed by atoms with E-state index in [9.17, 15) is 14.7 Å². The van der Waals surface area contributed by atoms with E-state index in [-0.39, 0.29) is 18.1 Å². The fourth-order valence-corrected chi connectivity index (χ4v) is 3.98. The third kappa shape index (κ3) is 4.01. The average molecular weight is 439 g/mol. The molecule has 2 aliphatic rings. The molecule has 1 saturated heterocycles. The zero-order valence-corrected chi connectivity index (χ0v) is 18.0. The Bertz CT molecular complexity index is 1060. The van der Waals surface area contributed by atoms with Crippen molar-refractivity contribution in [3.8, 4) is 17.2 Å². The summed E-state index contributed by atoms with van der Waals surface area (Å²) in [5.41, 5.74) is 1.07. The van der Waals surface area contributed by atoms with Gasteiger partial charge in [-0.2, -0.15) is 0 Å². The lowest BCUT2D eigenvalue weighted by molar-refractivity contribution is -0.140. The summed E-state index contributed by atoms with van der Waals surface area (Å²) >= 11 is 0.